The number of nitrogens with zero attached hydrogens (tertiary/aromatic N) is 2. The topological polar surface area (TPSA) is 94.5 Å². The number of carbonyl (C=O) groups excluding carboxylic acids is 2. The molecule has 3 rings (SSSR count). The summed E-state index contributed by atoms with van der Waals surface area (Å²) in [4.78, 5) is 30.1. The number of methoxy groups -OCH3 is 2. The second kappa shape index (κ2) is 10.7. The zero-order chi connectivity index (χ0) is 24.0. The number of imidazole rings is 1. The fourth-order valence-corrected chi connectivity index (χ4v) is 3.38. The Morgan fingerprint density at radius 3 is 2.18 bits per heavy atom. The van der Waals surface area contributed by atoms with Crippen molar-refractivity contribution >= 4 is 17.5 Å². The van der Waals surface area contributed by atoms with Crippen LogP contribution in [0.2, 0.25) is 0 Å². The van der Waals surface area contributed by atoms with Gasteiger partial charge in [0.25, 0.3) is 5.91 Å². The first-order valence-electron chi connectivity index (χ1n) is 10.7. The van der Waals surface area contributed by atoms with E-state index in [-0.39, 0.29) is 17.7 Å². The van der Waals surface area contributed by atoms with Crippen molar-refractivity contribution in [3.8, 4) is 11.5 Å². The molecule has 0 fully saturated rings. The lowest BCUT2D eigenvalue weighted by molar-refractivity contribution is -0.118. The molecule has 2 N–H and O–H groups in total. The van der Waals surface area contributed by atoms with Crippen molar-refractivity contribution in [2.75, 3.05) is 19.5 Å². The van der Waals surface area contributed by atoms with Crippen molar-refractivity contribution in [1.29, 1.82) is 0 Å². The highest BCUT2D eigenvalue weighted by Crippen LogP contribution is 2.23. The number of ether oxygens (including phenoxy) is 2. The summed E-state index contributed by atoms with van der Waals surface area (Å²) < 4.78 is 12.5. The Hall–Kier alpha value is -3.81. The van der Waals surface area contributed by atoms with Crippen LogP contribution in [0.1, 0.15) is 35.6 Å². The largest absolute Gasteiger partial charge is 0.497 e. The van der Waals surface area contributed by atoms with E-state index in [0.29, 0.717) is 29.3 Å². The third kappa shape index (κ3) is 6.12. The molecule has 0 saturated heterocycles. The smallest absolute Gasteiger partial charge is 0.252 e. The van der Waals surface area contributed by atoms with E-state index >= 15 is 0 Å². The number of rotatable bonds is 9. The van der Waals surface area contributed by atoms with Gasteiger partial charge in [0, 0.05) is 36.3 Å². The van der Waals surface area contributed by atoms with E-state index in [1.165, 1.54) is 14.2 Å². The lowest BCUT2D eigenvalue weighted by atomic mass is 10.0. The second-order valence-electron chi connectivity index (χ2n) is 8.09. The van der Waals surface area contributed by atoms with E-state index in [2.05, 4.69) is 15.6 Å². The molecule has 174 valence electrons. The van der Waals surface area contributed by atoms with Crippen LogP contribution < -0.4 is 20.1 Å². The molecule has 0 spiro atoms. The Kier molecular flexibility index (Phi) is 7.71. The maximum absolute atomic E-state index is 13.0. The molecule has 3 aromatic rings. The van der Waals surface area contributed by atoms with Crippen LogP contribution in [0.25, 0.3) is 0 Å². The van der Waals surface area contributed by atoms with Crippen molar-refractivity contribution in [2.45, 2.75) is 33.4 Å². The molecule has 0 aliphatic rings. The Labute approximate surface area is 193 Å². The van der Waals surface area contributed by atoms with E-state index in [0.717, 1.165) is 11.4 Å². The summed E-state index contributed by atoms with van der Waals surface area (Å²) >= 11 is 0. The highest BCUT2D eigenvalue weighted by atomic mass is 16.5. The van der Waals surface area contributed by atoms with Gasteiger partial charge in [-0.1, -0.05) is 26.0 Å². The van der Waals surface area contributed by atoms with Crippen LogP contribution in [0.4, 0.5) is 5.69 Å². The van der Waals surface area contributed by atoms with Crippen LogP contribution in [0.3, 0.4) is 0 Å². The molecule has 0 bridgehead atoms. The Bertz CT molecular complexity index is 1080. The van der Waals surface area contributed by atoms with E-state index in [1.54, 1.807) is 24.4 Å². The molecule has 1 atom stereocenters. The molecule has 0 aliphatic carbocycles. The summed E-state index contributed by atoms with van der Waals surface area (Å²) in [5.74, 6) is 1.15. The molecule has 8 heteroatoms. The number of amides is 2. The number of hydrogen-bond donors (Lipinski definition) is 2. The molecular formula is C25H30N4O4. The third-order valence-corrected chi connectivity index (χ3v) is 5.35. The molecular weight excluding hydrogens is 420 g/mol. The lowest BCUT2D eigenvalue weighted by Gasteiger charge is -2.22. The average molecular weight is 451 g/mol. The quantitative estimate of drug-likeness (QED) is 0.519. The van der Waals surface area contributed by atoms with Crippen LogP contribution in [-0.4, -0.2) is 41.6 Å². The molecule has 2 aromatic carbocycles. The van der Waals surface area contributed by atoms with Gasteiger partial charge in [0.2, 0.25) is 5.91 Å². The number of carbonyl (C=O) groups is 2. The summed E-state index contributed by atoms with van der Waals surface area (Å²) in [5, 5.41) is 5.73. The van der Waals surface area contributed by atoms with E-state index in [4.69, 9.17) is 9.47 Å². The van der Waals surface area contributed by atoms with Gasteiger partial charge in [-0.15, -0.1) is 0 Å². The minimum absolute atomic E-state index is 0.120. The Morgan fingerprint density at radius 1 is 1.03 bits per heavy atom. The van der Waals surface area contributed by atoms with Gasteiger partial charge in [0.1, 0.15) is 23.4 Å². The third-order valence-electron chi connectivity index (χ3n) is 5.35. The molecule has 0 saturated carbocycles. The van der Waals surface area contributed by atoms with Gasteiger partial charge >= 0.3 is 0 Å². The molecule has 0 aliphatic heterocycles. The summed E-state index contributed by atoms with van der Waals surface area (Å²) in [5.41, 5.74) is 2.10. The summed E-state index contributed by atoms with van der Waals surface area (Å²) in [7, 11) is 3.03. The molecule has 1 unspecified atom stereocenters. The van der Waals surface area contributed by atoms with Gasteiger partial charge < -0.3 is 24.7 Å². The highest BCUT2D eigenvalue weighted by molar-refractivity contribution is 6.01. The number of nitrogens with one attached hydrogen (secondary N) is 2. The van der Waals surface area contributed by atoms with Crippen LogP contribution >= 0.6 is 0 Å². The first-order valence-corrected chi connectivity index (χ1v) is 10.7. The fourth-order valence-electron chi connectivity index (χ4n) is 3.38. The van der Waals surface area contributed by atoms with Crippen LogP contribution in [0, 0.1) is 12.8 Å². The highest BCUT2D eigenvalue weighted by Gasteiger charge is 2.25. The molecule has 1 heterocycles. The molecule has 1 aromatic heterocycles. The van der Waals surface area contributed by atoms with Crippen molar-refractivity contribution < 1.29 is 19.1 Å². The Morgan fingerprint density at radius 2 is 1.67 bits per heavy atom. The minimum Gasteiger partial charge on any atom is -0.497 e. The van der Waals surface area contributed by atoms with Gasteiger partial charge in [0.05, 0.1) is 14.2 Å². The van der Waals surface area contributed by atoms with Gasteiger partial charge in [-0.05, 0) is 42.7 Å². The second-order valence-corrected chi connectivity index (χ2v) is 8.09. The monoisotopic (exact) mass is 450 g/mol. The van der Waals surface area contributed by atoms with E-state index in [1.807, 2.05) is 55.8 Å². The first-order chi connectivity index (χ1) is 15.8. The number of benzene rings is 2. The lowest BCUT2D eigenvalue weighted by Crippen LogP contribution is -2.47. The van der Waals surface area contributed by atoms with Crippen molar-refractivity contribution in [1.82, 2.24) is 14.9 Å². The number of anilines is 1. The molecule has 8 nitrogen and oxygen atoms in total. The number of aromatic nitrogens is 2. The van der Waals surface area contributed by atoms with Crippen molar-refractivity contribution in [3.63, 3.8) is 0 Å². The average Bonchev–Trinajstić information content (AvgIpc) is 3.21. The van der Waals surface area contributed by atoms with Crippen molar-refractivity contribution in [2.24, 2.45) is 5.92 Å². The molecule has 0 radical (unpaired) electrons. The van der Waals surface area contributed by atoms with Gasteiger partial charge in [-0.3, -0.25) is 9.59 Å². The predicted molar refractivity (Wildman–Crippen MR) is 127 cm³/mol. The van der Waals surface area contributed by atoms with Crippen LogP contribution in [0.5, 0.6) is 11.5 Å². The summed E-state index contributed by atoms with van der Waals surface area (Å²) in [6, 6.07) is 11.8. The zero-order valence-corrected chi connectivity index (χ0v) is 19.6. The van der Waals surface area contributed by atoms with E-state index < -0.39 is 6.04 Å². The summed E-state index contributed by atoms with van der Waals surface area (Å²) in [6.45, 7) is 6.42. The fraction of sp³-hybridized carbons (Fsp3) is 0.320. The number of hydrogen-bond acceptors (Lipinski definition) is 5. The Balaban J connectivity index is 1.67. The SMILES string of the molecule is COc1cc(OC)cc(C(=O)NC(C(=O)Nc2ccc(Cn3ccnc3C)cc2)C(C)C)c1. The van der Waals surface area contributed by atoms with Gasteiger partial charge in [0.15, 0.2) is 0 Å². The van der Waals surface area contributed by atoms with Crippen LogP contribution in [0.15, 0.2) is 54.9 Å². The molecule has 33 heavy (non-hydrogen) atoms. The maximum Gasteiger partial charge on any atom is 0.252 e. The van der Waals surface area contributed by atoms with E-state index in [9.17, 15) is 9.59 Å². The van der Waals surface area contributed by atoms with Crippen LogP contribution in [-0.2, 0) is 11.3 Å². The summed E-state index contributed by atoms with van der Waals surface area (Å²) in [6.07, 6.45) is 3.70. The minimum atomic E-state index is -0.719. The molecule has 2 amide bonds. The zero-order valence-electron chi connectivity index (χ0n) is 19.6. The van der Waals surface area contributed by atoms with Gasteiger partial charge in [-0.25, -0.2) is 4.98 Å². The standard InChI is InChI=1S/C25H30N4O4/c1-16(2)23(28-24(30)19-12-21(32-4)14-22(13-19)33-5)25(31)27-20-8-6-18(7-9-20)15-29-11-10-26-17(29)3/h6-14,16,23H,15H2,1-5H3,(H,27,31)(H,28,30). The van der Waals surface area contributed by atoms with Crippen molar-refractivity contribution in [3.05, 3.63) is 71.8 Å². The van der Waals surface area contributed by atoms with Gasteiger partial charge in [-0.2, -0.15) is 0 Å². The maximum atomic E-state index is 13.0. The number of aryl methyl sites for hydroxylation is 1. The predicted octanol–water partition coefficient (Wildman–Crippen LogP) is 3.65. The normalized spacial score (nSPS) is 11.7. The first kappa shape index (κ1) is 23.8.